The Balaban J connectivity index is 1.24. The van der Waals surface area contributed by atoms with Gasteiger partial charge in [0, 0.05) is 32.2 Å². The van der Waals surface area contributed by atoms with E-state index >= 15 is 0 Å². The third-order valence-corrected chi connectivity index (χ3v) is 5.20. The number of halogens is 1. The van der Waals surface area contributed by atoms with Gasteiger partial charge in [-0.25, -0.2) is 4.39 Å². The maximum atomic E-state index is 14.0. The predicted octanol–water partition coefficient (Wildman–Crippen LogP) is 2.39. The second-order valence-electron chi connectivity index (χ2n) is 7.43. The number of rotatable bonds is 8. The maximum absolute atomic E-state index is 14.0. The fourth-order valence-electron chi connectivity index (χ4n) is 3.50. The zero-order valence-electron chi connectivity index (χ0n) is 17.5. The lowest BCUT2D eigenvalue weighted by Crippen LogP contribution is -2.46. The number of furan rings is 1. The molecule has 0 radical (unpaired) electrons. The Labute approximate surface area is 184 Å². The minimum Gasteiger partial charge on any atom is -0.477 e. The molecule has 1 aliphatic rings. The van der Waals surface area contributed by atoms with E-state index in [0.29, 0.717) is 49.9 Å². The highest BCUT2D eigenvalue weighted by atomic mass is 19.1. The highest BCUT2D eigenvalue weighted by Gasteiger charge is 2.20. The first-order valence-electron chi connectivity index (χ1n) is 10.3. The van der Waals surface area contributed by atoms with Gasteiger partial charge in [-0.15, -0.1) is 0 Å². The lowest BCUT2D eigenvalue weighted by Gasteiger charge is -2.35. The summed E-state index contributed by atoms with van der Waals surface area (Å²) in [4.78, 5) is 28.3. The molecule has 1 fully saturated rings. The van der Waals surface area contributed by atoms with Crippen molar-refractivity contribution in [3.63, 3.8) is 0 Å². The quantitative estimate of drug-likeness (QED) is 0.574. The second-order valence-corrected chi connectivity index (χ2v) is 7.43. The molecular formula is C23H24FN3O5. The van der Waals surface area contributed by atoms with Crippen molar-refractivity contribution >= 4 is 11.6 Å². The molecule has 0 atom stereocenters. The van der Waals surface area contributed by atoms with E-state index < -0.39 is 0 Å². The van der Waals surface area contributed by atoms with Gasteiger partial charge in [0.15, 0.2) is 6.61 Å². The highest BCUT2D eigenvalue weighted by molar-refractivity contribution is 5.77. The van der Waals surface area contributed by atoms with Crippen LogP contribution in [-0.4, -0.2) is 43.6 Å². The molecule has 8 nitrogen and oxygen atoms in total. The number of hydrogen-bond donors (Lipinski definition) is 1. The van der Waals surface area contributed by atoms with Crippen molar-refractivity contribution in [2.75, 3.05) is 37.7 Å². The lowest BCUT2D eigenvalue weighted by molar-refractivity contribution is -0.123. The van der Waals surface area contributed by atoms with Crippen LogP contribution in [0.3, 0.4) is 0 Å². The molecule has 0 unspecified atom stereocenters. The smallest absolute Gasteiger partial charge is 0.258 e. The van der Waals surface area contributed by atoms with E-state index in [1.807, 2.05) is 11.0 Å². The lowest BCUT2D eigenvalue weighted by atomic mass is 10.2. The van der Waals surface area contributed by atoms with Crippen LogP contribution in [0.2, 0.25) is 0 Å². The van der Waals surface area contributed by atoms with Crippen molar-refractivity contribution in [1.82, 2.24) is 10.2 Å². The molecule has 9 heteroatoms. The fraction of sp³-hybridized carbons (Fsp3) is 0.304. The molecule has 0 spiro atoms. The van der Waals surface area contributed by atoms with Crippen LogP contribution in [0.15, 0.2) is 68.6 Å². The molecule has 0 aliphatic carbocycles. The maximum Gasteiger partial charge on any atom is 0.258 e. The number of carbonyl (C=O) groups is 1. The number of anilines is 1. The van der Waals surface area contributed by atoms with Crippen LogP contribution in [-0.2, 0) is 17.9 Å². The Bertz CT molecular complexity index is 1090. The zero-order chi connectivity index (χ0) is 22.3. The summed E-state index contributed by atoms with van der Waals surface area (Å²) in [6.07, 6.45) is 2.75. The third kappa shape index (κ3) is 5.55. The number of benzene rings is 1. The van der Waals surface area contributed by atoms with Gasteiger partial charge >= 0.3 is 0 Å². The number of ether oxygens (including phenoxy) is 1. The van der Waals surface area contributed by atoms with Crippen molar-refractivity contribution in [3.05, 3.63) is 82.6 Å². The number of carbonyl (C=O) groups excluding carboxylic acids is 1. The van der Waals surface area contributed by atoms with E-state index in [-0.39, 0.29) is 36.1 Å². The number of para-hydroxylation sites is 1. The molecule has 1 aliphatic heterocycles. The van der Waals surface area contributed by atoms with E-state index in [1.165, 1.54) is 24.7 Å². The molecule has 168 valence electrons. The van der Waals surface area contributed by atoms with Gasteiger partial charge < -0.3 is 23.8 Å². The summed E-state index contributed by atoms with van der Waals surface area (Å²) >= 11 is 0. The molecule has 0 bridgehead atoms. The SMILES string of the molecule is O=C(COc1coc(CN2CCN(c3ccccc3F)CC2)cc1=O)NCc1ccco1. The number of nitrogens with zero attached hydrogens (tertiary/aromatic N) is 2. The molecule has 3 aromatic rings. The summed E-state index contributed by atoms with van der Waals surface area (Å²) in [7, 11) is 0. The largest absolute Gasteiger partial charge is 0.477 e. The molecular weight excluding hydrogens is 417 g/mol. The Morgan fingerprint density at radius 3 is 2.59 bits per heavy atom. The standard InChI is InChI=1S/C23H24FN3O5/c24-19-5-1-2-6-20(19)27-9-7-26(8-10-27)14-18-12-21(28)22(15-31-18)32-16-23(29)25-13-17-4-3-11-30-17/h1-6,11-12,15H,7-10,13-14,16H2,(H,25,29). The normalized spacial score (nSPS) is 14.3. The van der Waals surface area contributed by atoms with E-state index in [4.69, 9.17) is 13.6 Å². The first-order valence-corrected chi connectivity index (χ1v) is 10.3. The summed E-state index contributed by atoms with van der Waals surface area (Å²) in [6, 6.07) is 11.6. The van der Waals surface area contributed by atoms with Gasteiger partial charge in [0.1, 0.15) is 23.6 Å². The van der Waals surface area contributed by atoms with E-state index in [9.17, 15) is 14.0 Å². The molecule has 1 aromatic carbocycles. The fourth-order valence-corrected chi connectivity index (χ4v) is 3.50. The minimum atomic E-state index is -0.377. The van der Waals surface area contributed by atoms with Crippen molar-refractivity contribution < 1.29 is 22.8 Å². The van der Waals surface area contributed by atoms with Crippen LogP contribution in [0.4, 0.5) is 10.1 Å². The van der Waals surface area contributed by atoms with Crippen molar-refractivity contribution in [1.29, 1.82) is 0 Å². The average Bonchev–Trinajstić information content (AvgIpc) is 3.32. The molecule has 1 amide bonds. The molecule has 1 saturated heterocycles. The number of hydrogen-bond acceptors (Lipinski definition) is 7. The van der Waals surface area contributed by atoms with Crippen LogP contribution in [0.25, 0.3) is 0 Å². The Morgan fingerprint density at radius 2 is 1.88 bits per heavy atom. The van der Waals surface area contributed by atoms with Crippen molar-refractivity contribution in [2.24, 2.45) is 0 Å². The molecule has 0 saturated carbocycles. The number of nitrogens with one attached hydrogen (secondary N) is 1. The third-order valence-electron chi connectivity index (χ3n) is 5.20. The number of piperazine rings is 1. The second kappa shape index (κ2) is 10.1. The van der Waals surface area contributed by atoms with E-state index in [2.05, 4.69) is 10.2 Å². The van der Waals surface area contributed by atoms with Crippen LogP contribution >= 0.6 is 0 Å². The van der Waals surface area contributed by atoms with Gasteiger partial charge in [0.2, 0.25) is 11.2 Å². The summed E-state index contributed by atoms with van der Waals surface area (Å²) < 4.78 is 29.9. The summed E-state index contributed by atoms with van der Waals surface area (Å²) in [5.74, 6) is 0.502. The zero-order valence-corrected chi connectivity index (χ0v) is 17.5. The highest BCUT2D eigenvalue weighted by Crippen LogP contribution is 2.20. The summed E-state index contributed by atoms with van der Waals surface area (Å²) in [5, 5.41) is 2.63. The molecule has 2 aromatic heterocycles. The Kier molecular flexibility index (Phi) is 6.86. The first kappa shape index (κ1) is 21.6. The Hall–Kier alpha value is -3.59. The van der Waals surface area contributed by atoms with Gasteiger partial charge in [-0.3, -0.25) is 14.5 Å². The van der Waals surface area contributed by atoms with Crippen LogP contribution in [0.5, 0.6) is 5.75 Å². The van der Waals surface area contributed by atoms with Gasteiger partial charge in [0.25, 0.3) is 5.91 Å². The first-order chi connectivity index (χ1) is 15.6. The van der Waals surface area contributed by atoms with Crippen molar-refractivity contribution in [2.45, 2.75) is 13.1 Å². The van der Waals surface area contributed by atoms with Crippen LogP contribution in [0, 0.1) is 5.82 Å². The predicted molar refractivity (Wildman–Crippen MR) is 115 cm³/mol. The summed E-state index contributed by atoms with van der Waals surface area (Å²) in [5.41, 5.74) is 0.253. The van der Waals surface area contributed by atoms with Crippen LogP contribution < -0.4 is 20.4 Å². The number of amides is 1. The van der Waals surface area contributed by atoms with Crippen LogP contribution in [0.1, 0.15) is 11.5 Å². The van der Waals surface area contributed by atoms with E-state index in [0.717, 1.165) is 0 Å². The topological polar surface area (TPSA) is 88.2 Å². The molecule has 1 N–H and O–H groups in total. The van der Waals surface area contributed by atoms with Crippen molar-refractivity contribution in [3.8, 4) is 5.75 Å². The molecule has 3 heterocycles. The monoisotopic (exact) mass is 441 g/mol. The van der Waals surface area contributed by atoms with Gasteiger partial charge in [-0.2, -0.15) is 0 Å². The summed E-state index contributed by atoms with van der Waals surface area (Å²) in [6.45, 7) is 3.19. The molecule has 32 heavy (non-hydrogen) atoms. The van der Waals surface area contributed by atoms with Gasteiger partial charge in [-0.05, 0) is 24.3 Å². The van der Waals surface area contributed by atoms with Gasteiger partial charge in [0.05, 0.1) is 25.0 Å². The van der Waals surface area contributed by atoms with E-state index in [1.54, 1.807) is 24.3 Å². The minimum absolute atomic E-state index is 0.0220. The van der Waals surface area contributed by atoms with Gasteiger partial charge in [-0.1, -0.05) is 12.1 Å². The molecule has 4 rings (SSSR count). The Morgan fingerprint density at radius 1 is 1.06 bits per heavy atom. The average molecular weight is 441 g/mol.